The monoisotopic (exact) mass is 267 g/mol. The average Bonchev–Trinajstić information content (AvgIpc) is 2.42. The molecule has 19 heavy (non-hydrogen) atoms. The molecule has 0 radical (unpaired) electrons. The number of aliphatic carboxylic acids is 1. The Hall–Kier alpha value is -2.37. The van der Waals surface area contributed by atoms with Crippen LogP contribution in [0.2, 0.25) is 0 Å². The van der Waals surface area contributed by atoms with Crippen LogP contribution in [0.3, 0.4) is 0 Å². The van der Waals surface area contributed by atoms with Gasteiger partial charge in [-0.3, -0.25) is 0 Å². The van der Waals surface area contributed by atoms with Crippen LogP contribution in [0.5, 0.6) is 0 Å². The number of alkyl carbamates (subject to hydrolysis) is 1. The number of carbonyl (C=O) groups excluding carboxylic acids is 1. The zero-order chi connectivity index (χ0) is 14.1. The van der Waals surface area contributed by atoms with Gasteiger partial charge in [-0.05, 0) is 5.56 Å². The minimum absolute atomic E-state index is 0.0638. The number of alkyl halides is 1. The second kappa shape index (κ2) is 7.86. The molecular formula is C13H14FNO4. The predicted molar refractivity (Wildman–Crippen MR) is 66.3 cm³/mol. The summed E-state index contributed by atoms with van der Waals surface area (Å²) in [6.07, 6.45) is 1.01. The van der Waals surface area contributed by atoms with Gasteiger partial charge in [0.1, 0.15) is 13.3 Å². The van der Waals surface area contributed by atoms with Crippen LogP contribution in [-0.4, -0.2) is 29.9 Å². The third kappa shape index (κ3) is 6.21. The summed E-state index contributed by atoms with van der Waals surface area (Å²) in [6.45, 7) is -0.849. The molecule has 0 aromatic heterocycles. The van der Waals surface area contributed by atoms with Crippen molar-refractivity contribution in [1.82, 2.24) is 5.32 Å². The molecule has 1 atom stereocenters. The van der Waals surface area contributed by atoms with E-state index in [0.29, 0.717) is 0 Å². The molecule has 0 aliphatic heterocycles. The average molecular weight is 267 g/mol. The number of carboxylic acids is 1. The molecule has 102 valence electrons. The van der Waals surface area contributed by atoms with Crippen LogP contribution in [-0.2, 0) is 16.1 Å². The van der Waals surface area contributed by atoms with Gasteiger partial charge in [0, 0.05) is 6.08 Å². The highest BCUT2D eigenvalue weighted by molar-refractivity contribution is 5.80. The fourth-order valence-electron chi connectivity index (χ4n) is 1.25. The molecule has 1 rings (SSSR count). The normalized spacial score (nSPS) is 12.1. The smallest absolute Gasteiger partial charge is 0.408 e. The SMILES string of the molecule is O=C(O)C=CC(CF)NC(=O)OCc1ccccc1. The first-order chi connectivity index (χ1) is 9.11. The topological polar surface area (TPSA) is 75.6 Å². The number of amides is 1. The van der Waals surface area contributed by atoms with E-state index < -0.39 is 24.8 Å². The maximum atomic E-state index is 12.5. The number of halogens is 1. The zero-order valence-corrected chi connectivity index (χ0v) is 10.1. The Morgan fingerprint density at radius 2 is 2.05 bits per heavy atom. The van der Waals surface area contributed by atoms with Crippen LogP contribution >= 0.6 is 0 Å². The van der Waals surface area contributed by atoms with E-state index >= 15 is 0 Å². The van der Waals surface area contributed by atoms with Gasteiger partial charge in [-0.15, -0.1) is 0 Å². The molecule has 0 saturated carbocycles. The first-order valence-corrected chi connectivity index (χ1v) is 5.56. The maximum Gasteiger partial charge on any atom is 0.408 e. The standard InChI is InChI=1S/C13H14FNO4/c14-8-11(6-7-12(16)17)15-13(18)19-9-10-4-2-1-3-5-10/h1-7,11H,8-9H2,(H,15,18)(H,16,17). The second-order valence-corrected chi connectivity index (χ2v) is 3.66. The molecule has 0 heterocycles. The van der Waals surface area contributed by atoms with E-state index in [1.165, 1.54) is 0 Å². The van der Waals surface area contributed by atoms with E-state index in [4.69, 9.17) is 9.84 Å². The number of nitrogens with one attached hydrogen (secondary N) is 1. The molecule has 0 saturated heterocycles. The summed E-state index contributed by atoms with van der Waals surface area (Å²) >= 11 is 0. The summed E-state index contributed by atoms with van der Waals surface area (Å²) in [5, 5.41) is 10.6. The quantitative estimate of drug-likeness (QED) is 0.772. The van der Waals surface area contributed by atoms with E-state index in [2.05, 4.69) is 5.32 Å². The van der Waals surface area contributed by atoms with Crippen molar-refractivity contribution in [2.24, 2.45) is 0 Å². The van der Waals surface area contributed by atoms with Crippen molar-refractivity contribution in [2.75, 3.05) is 6.67 Å². The van der Waals surface area contributed by atoms with Gasteiger partial charge in [-0.25, -0.2) is 14.0 Å². The van der Waals surface area contributed by atoms with Crippen molar-refractivity contribution in [3.05, 3.63) is 48.0 Å². The van der Waals surface area contributed by atoms with E-state index in [1.54, 1.807) is 24.3 Å². The Bertz CT molecular complexity index is 447. The number of rotatable bonds is 6. The number of ether oxygens (including phenoxy) is 1. The van der Waals surface area contributed by atoms with Crippen molar-refractivity contribution < 1.29 is 23.8 Å². The minimum atomic E-state index is -1.21. The Labute approximate surface area is 109 Å². The molecular weight excluding hydrogens is 253 g/mol. The van der Waals surface area contributed by atoms with Gasteiger partial charge in [-0.1, -0.05) is 36.4 Å². The molecule has 1 amide bonds. The van der Waals surface area contributed by atoms with Gasteiger partial charge in [0.25, 0.3) is 0 Å². The fraction of sp³-hybridized carbons (Fsp3) is 0.231. The summed E-state index contributed by atoms with van der Waals surface area (Å²) in [7, 11) is 0. The third-order valence-corrected chi connectivity index (χ3v) is 2.15. The number of hydrogen-bond donors (Lipinski definition) is 2. The molecule has 1 aromatic carbocycles. The second-order valence-electron chi connectivity index (χ2n) is 3.66. The third-order valence-electron chi connectivity index (χ3n) is 2.15. The van der Waals surface area contributed by atoms with Gasteiger partial charge in [0.15, 0.2) is 0 Å². The summed E-state index contributed by atoms with van der Waals surface area (Å²) in [6, 6.07) is 7.99. The molecule has 1 aromatic rings. The molecule has 0 aliphatic carbocycles. The van der Waals surface area contributed by atoms with E-state index in [9.17, 15) is 14.0 Å². The molecule has 1 unspecified atom stereocenters. The van der Waals surface area contributed by atoms with Gasteiger partial charge < -0.3 is 15.2 Å². The number of carboxylic acid groups (broad SMARTS) is 1. The molecule has 5 nitrogen and oxygen atoms in total. The Kier molecular flexibility index (Phi) is 6.08. The summed E-state index contributed by atoms with van der Waals surface area (Å²) in [5.41, 5.74) is 0.801. The van der Waals surface area contributed by atoms with Crippen LogP contribution in [0.25, 0.3) is 0 Å². The largest absolute Gasteiger partial charge is 0.478 e. The molecule has 0 fully saturated rings. The van der Waals surface area contributed by atoms with Crippen molar-refractivity contribution in [3.8, 4) is 0 Å². The number of benzene rings is 1. The highest BCUT2D eigenvalue weighted by atomic mass is 19.1. The van der Waals surface area contributed by atoms with Crippen molar-refractivity contribution in [2.45, 2.75) is 12.6 Å². The Morgan fingerprint density at radius 1 is 1.37 bits per heavy atom. The fourth-order valence-corrected chi connectivity index (χ4v) is 1.25. The van der Waals surface area contributed by atoms with E-state index in [-0.39, 0.29) is 6.61 Å². The van der Waals surface area contributed by atoms with E-state index in [0.717, 1.165) is 17.7 Å². The van der Waals surface area contributed by atoms with Gasteiger partial charge in [-0.2, -0.15) is 0 Å². The van der Waals surface area contributed by atoms with Crippen LogP contribution in [0.1, 0.15) is 5.56 Å². The summed E-state index contributed by atoms with van der Waals surface area (Å²) < 4.78 is 17.4. The van der Waals surface area contributed by atoms with Crippen LogP contribution in [0, 0.1) is 0 Å². The lowest BCUT2D eigenvalue weighted by atomic mass is 10.2. The predicted octanol–water partition coefficient (Wildman–Crippen LogP) is 1.89. The van der Waals surface area contributed by atoms with Gasteiger partial charge >= 0.3 is 12.1 Å². The molecule has 0 bridgehead atoms. The molecule has 0 aliphatic rings. The summed E-state index contributed by atoms with van der Waals surface area (Å²) in [4.78, 5) is 21.6. The van der Waals surface area contributed by atoms with Crippen molar-refractivity contribution >= 4 is 12.1 Å². The van der Waals surface area contributed by atoms with Crippen LogP contribution in [0.4, 0.5) is 9.18 Å². The van der Waals surface area contributed by atoms with Crippen LogP contribution in [0.15, 0.2) is 42.5 Å². The van der Waals surface area contributed by atoms with Crippen molar-refractivity contribution in [3.63, 3.8) is 0 Å². The lowest BCUT2D eigenvalue weighted by Gasteiger charge is -2.11. The molecule has 6 heteroatoms. The van der Waals surface area contributed by atoms with Crippen LogP contribution < -0.4 is 5.32 Å². The van der Waals surface area contributed by atoms with Crippen molar-refractivity contribution in [1.29, 1.82) is 0 Å². The molecule has 2 N–H and O–H groups in total. The lowest BCUT2D eigenvalue weighted by Crippen LogP contribution is -2.35. The minimum Gasteiger partial charge on any atom is -0.478 e. The maximum absolute atomic E-state index is 12.5. The Morgan fingerprint density at radius 3 is 2.63 bits per heavy atom. The Balaban J connectivity index is 2.39. The highest BCUT2D eigenvalue weighted by Crippen LogP contribution is 2.01. The first kappa shape index (κ1) is 14.7. The number of hydrogen-bond acceptors (Lipinski definition) is 3. The number of carbonyl (C=O) groups is 2. The van der Waals surface area contributed by atoms with E-state index in [1.807, 2.05) is 6.07 Å². The summed E-state index contributed by atoms with van der Waals surface area (Å²) in [5.74, 6) is -1.21. The molecule has 0 spiro atoms. The zero-order valence-electron chi connectivity index (χ0n) is 10.1. The van der Waals surface area contributed by atoms with Gasteiger partial charge in [0.2, 0.25) is 0 Å². The lowest BCUT2D eigenvalue weighted by molar-refractivity contribution is -0.131. The highest BCUT2D eigenvalue weighted by Gasteiger charge is 2.10. The first-order valence-electron chi connectivity index (χ1n) is 5.56. The van der Waals surface area contributed by atoms with Gasteiger partial charge in [0.05, 0.1) is 6.04 Å².